The Morgan fingerprint density at radius 2 is 1.29 bits per heavy atom. The van der Waals surface area contributed by atoms with Crippen LogP contribution >= 0.6 is 52.9 Å². The van der Waals surface area contributed by atoms with Gasteiger partial charge in [0.05, 0.1) is 10.0 Å². The summed E-state index contributed by atoms with van der Waals surface area (Å²) >= 11 is 28.2. The third kappa shape index (κ3) is 4.59. The van der Waals surface area contributed by atoms with Gasteiger partial charge in [0.1, 0.15) is 10.0 Å². The molecule has 0 saturated carbocycles. The predicted octanol–water partition coefficient (Wildman–Crippen LogP) is 6.16. The Labute approximate surface area is 161 Å². The molecule has 2 aromatic heterocycles. The number of rotatable bonds is 5. The second-order valence-corrected chi connectivity index (χ2v) is 9.72. The topological polar surface area (TPSA) is 44.2 Å². The van der Waals surface area contributed by atoms with Crippen molar-refractivity contribution in [1.29, 1.82) is 0 Å². The lowest BCUT2D eigenvalue weighted by Crippen LogP contribution is -2.07. The van der Waals surface area contributed by atoms with Gasteiger partial charge >= 0.3 is 0 Å². The van der Waals surface area contributed by atoms with Crippen molar-refractivity contribution >= 4 is 64.7 Å². The third-order valence-corrected chi connectivity index (χ3v) is 6.52. The number of nitrogens with zero attached hydrogens (tertiary/aromatic N) is 2. The molecule has 2 aromatic rings. The van der Waals surface area contributed by atoms with E-state index in [1.807, 2.05) is 0 Å². The highest BCUT2D eigenvalue weighted by Gasteiger charge is 2.26. The summed E-state index contributed by atoms with van der Waals surface area (Å²) in [6, 6.07) is 2.23. The number of hydrogen-bond acceptors (Lipinski definition) is 5. The molecule has 0 aliphatic heterocycles. The summed E-state index contributed by atoms with van der Waals surface area (Å²) in [5.41, 5.74) is 0. The van der Waals surface area contributed by atoms with Gasteiger partial charge in [-0.3, -0.25) is 0 Å². The normalized spacial score (nSPS) is 11.5. The smallest absolute Gasteiger partial charge is 0.290 e. The number of pyridine rings is 2. The number of aromatic nitrogens is 2. The fourth-order valence-corrected chi connectivity index (χ4v) is 3.82. The first-order valence-corrected chi connectivity index (χ1v) is 10.5. The first kappa shape index (κ1) is 19.9. The lowest BCUT2D eigenvalue weighted by Gasteiger charge is -2.22. The second-order valence-electron chi connectivity index (χ2n) is 4.21. The minimum atomic E-state index is -3.15. The van der Waals surface area contributed by atoms with Crippen LogP contribution in [0.25, 0.3) is 0 Å². The van der Waals surface area contributed by atoms with Gasteiger partial charge < -0.3 is 9.05 Å². The molecular weight excluding hydrogens is 447 g/mol. The van der Waals surface area contributed by atoms with Crippen LogP contribution in [0, 0.1) is 11.9 Å². The molecule has 0 radical (unpaired) electrons. The molecule has 4 nitrogen and oxygen atoms in total. The summed E-state index contributed by atoms with van der Waals surface area (Å²) in [6.07, 6.45) is 0.173. The summed E-state index contributed by atoms with van der Waals surface area (Å²) < 4.78 is 37.9. The third-order valence-electron chi connectivity index (χ3n) is 2.55. The van der Waals surface area contributed by atoms with E-state index in [0.717, 1.165) is 12.1 Å². The van der Waals surface area contributed by atoms with Crippen molar-refractivity contribution in [1.82, 2.24) is 9.97 Å². The van der Waals surface area contributed by atoms with Crippen LogP contribution in [0.15, 0.2) is 12.1 Å². The summed E-state index contributed by atoms with van der Waals surface area (Å²) in [6.45, 7) is -1.49. The van der Waals surface area contributed by atoms with Crippen molar-refractivity contribution in [2.45, 2.75) is 6.92 Å². The van der Waals surface area contributed by atoms with Gasteiger partial charge in [0, 0.05) is 6.16 Å². The van der Waals surface area contributed by atoms with Crippen molar-refractivity contribution in [3.05, 3.63) is 44.1 Å². The Morgan fingerprint density at radius 1 is 0.917 bits per heavy atom. The van der Waals surface area contributed by atoms with Crippen molar-refractivity contribution in [2.75, 3.05) is 6.16 Å². The highest BCUT2D eigenvalue weighted by Crippen LogP contribution is 2.50. The highest BCUT2D eigenvalue weighted by atomic mass is 35.5. The largest absolute Gasteiger partial charge is 0.415 e. The molecule has 24 heavy (non-hydrogen) atoms. The SMILES string of the molecule is CCP(=S)(Oc1nc(F)c(Cl)cc1Cl)Oc1nc(F)c(Cl)cc1Cl. The average molecular weight is 454 g/mol. The Balaban J connectivity index is 2.35. The van der Waals surface area contributed by atoms with E-state index in [-0.39, 0.29) is 38.0 Å². The minimum Gasteiger partial charge on any atom is -0.415 e. The Hall–Kier alpha value is -0.430. The van der Waals surface area contributed by atoms with Crippen LogP contribution in [0.4, 0.5) is 8.78 Å². The monoisotopic (exact) mass is 452 g/mol. The lowest BCUT2D eigenvalue weighted by molar-refractivity contribution is 0.448. The first-order chi connectivity index (χ1) is 11.1. The van der Waals surface area contributed by atoms with Gasteiger partial charge in [-0.05, 0) is 23.9 Å². The molecule has 12 heteroatoms. The maximum Gasteiger partial charge on any atom is 0.290 e. The van der Waals surface area contributed by atoms with E-state index in [1.54, 1.807) is 6.92 Å². The number of hydrogen-bond donors (Lipinski definition) is 0. The summed E-state index contributed by atoms with van der Waals surface area (Å²) in [5, 5.41) is -0.673. The molecule has 0 amide bonds. The molecule has 2 rings (SSSR count). The molecule has 2 heterocycles. The van der Waals surface area contributed by atoms with Crippen LogP contribution < -0.4 is 9.05 Å². The standard InChI is InChI=1S/C12H7Cl4F2N2O2PS/c1-2-23(24,21-11-7(15)3-5(13)9(17)19-11)22-12-8(16)4-6(14)10(18)20-12/h3-4H,2H2,1H3. The van der Waals surface area contributed by atoms with Crippen molar-refractivity contribution in [2.24, 2.45) is 0 Å². The fourth-order valence-electron chi connectivity index (χ4n) is 1.40. The zero-order chi connectivity index (χ0) is 18.1. The van der Waals surface area contributed by atoms with Crippen molar-refractivity contribution in [3.8, 4) is 11.8 Å². The van der Waals surface area contributed by atoms with E-state index in [2.05, 4.69) is 9.97 Å². The van der Waals surface area contributed by atoms with E-state index >= 15 is 0 Å². The van der Waals surface area contributed by atoms with Crippen molar-refractivity contribution in [3.63, 3.8) is 0 Å². The quantitative estimate of drug-likeness (QED) is 0.401. The molecule has 0 N–H and O–H groups in total. The summed E-state index contributed by atoms with van der Waals surface area (Å²) in [5.74, 6) is -2.56. The predicted molar refractivity (Wildman–Crippen MR) is 94.5 cm³/mol. The molecule has 0 bridgehead atoms. The average Bonchev–Trinajstić information content (AvgIpc) is 2.50. The van der Waals surface area contributed by atoms with Gasteiger partial charge in [-0.15, -0.1) is 0 Å². The maximum atomic E-state index is 13.5. The molecule has 0 aliphatic carbocycles. The van der Waals surface area contributed by atoms with Crippen molar-refractivity contribution < 1.29 is 17.8 Å². The Kier molecular flexibility index (Phi) is 6.51. The first-order valence-electron chi connectivity index (χ1n) is 6.16. The minimum absolute atomic E-state index is 0.0611. The van der Waals surface area contributed by atoms with E-state index in [4.69, 9.17) is 67.3 Å². The summed E-state index contributed by atoms with van der Waals surface area (Å²) in [7, 11) is 0. The van der Waals surface area contributed by atoms with E-state index in [0.29, 0.717) is 0 Å². The molecule has 0 spiro atoms. The van der Waals surface area contributed by atoms with Gasteiger partial charge in [-0.2, -0.15) is 18.7 Å². The van der Waals surface area contributed by atoms with Crippen LogP contribution in [-0.4, -0.2) is 16.1 Å². The van der Waals surface area contributed by atoms with E-state index in [9.17, 15) is 8.78 Å². The maximum absolute atomic E-state index is 13.5. The zero-order valence-electron chi connectivity index (χ0n) is 11.7. The zero-order valence-corrected chi connectivity index (χ0v) is 16.4. The van der Waals surface area contributed by atoms with Crippen LogP contribution in [-0.2, 0) is 11.8 Å². The van der Waals surface area contributed by atoms with Crippen LogP contribution in [0.1, 0.15) is 6.92 Å². The second kappa shape index (κ2) is 7.85. The fraction of sp³-hybridized carbons (Fsp3) is 0.167. The molecule has 0 saturated heterocycles. The van der Waals surface area contributed by atoms with Gasteiger partial charge in [-0.1, -0.05) is 53.3 Å². The van der Waals surface area contributed by atoms with Crippen LogP contribution in [0.2, 0.25) is 20.1 Å². The van der Waals surface area contributed by atoms with Gasteiger partial charge in [0.25, 0.3) is 6.49 Å². The molecule has 130 valence electrons. The molecule has 0 atom stereocenters. The van der Waals surface area contributed by atoms with Gasteiger partial charge in [-0.25, -0.2) is 0 Å². The molecule has 0 aromatic carbocycles. The molecule has 0 unspecified atom stereocenters. The van der Waals surface area contributed by atoms with Crippen LogP contribution in [0.5, 0.6) is 11.8 Å². The molecular formula is C12H7Cl4F2N2O2PS. The Bertz CT molecular complexity index is 780. The van der Waals surface area contributed by atoms with E-state index < -0.39 is 18.4 Å². The van der Waals surface area contributed by atoms with E-state index in [1.165, 1.54) is 0 Å². The van der Waals surface area contributed by atoms with Gasteiger partial charge in [0.2, 0.25) is 23.7 Å². The molecule has 0 aliphatic rings. The highest BCUT2D eigenvalue weighted by molar-refractivity contribution is 8.10. The Morgan fingerprint density at radius 3 is 1.62 bits per heavy atom. The lowest BCUT2D eigenvalue weighted by atomic mass is 10.5. The molecule has 0 fully saturated rings. The van der Waals surface area contributed by atoms with Crippen LogP contribution in [0.3, 0.4) is 0 Å². The number of halogens is 6. The van der Waals surface area contributed by atoms with Gasteiger partial charge in [0.15, 0.2) is 0 Å². The summed E-state index contributed by atoms with van der Waals surface area (Å²) in [4.78, 5) is 6.96.